The lowest BCUT2D eigenvalue weighted by Gasteiger charge is -2.20. The van der Waals surface area contributed by atoms with Gasteiger partial charge in [0.15, 0.2) is 0 Å². The van der Waals surface area contributed by atoms with Crippen LogP contribution in [0.2, 0.25) is 0 Å². The zero-order valence-corrected chi connectivity index (χ0v) is 22.1. The molecular weight excluding hydrogens is 496 g/mol. The lowest BCUT2D eigenvalue weighted by molar-refractivity contribution is 0.280. The summed E-state index contributed by atoms with van der Waals surface area (Å²) in [5, 5.41) is 23.4. The Kier molecular flexibility index (Phi) is 7.45. The number of aliphatic hydroxyl groups excluding tert-OH is 2. The number of aliphatic hydroxyl groups is 2. The smallest absolute Gasteiger partial charge is 0.119 e. The molecule has 6 rings (SSSR count). The molecule has 0 aliphatic heterocycles. The fraction of sp³-hybridized carbons (Fsp3) is 0.111. The van der Waals surface area contributed by atoms with Gasteiger partial charge < -0.3 is 19.7 Å². The Morgan fingerprint density at radius 2 is 0.825 bits per heavy atom. The zero-order valence-electron chi connectivity index (χ0n) is 22.1. The monoisotopic (exact) mass is 526 g/mol. The molecule has 0 unspecified atom stereocenters. The topological polar surface area (TPSA) is 58.9 Å². The maximum absolute atomic E-state index is 9.39. The Bertz CT molecular complexity index is 1620. The maximum Gasteiger partial charge on any atom is 0.119 e. The molecule has 0 saturated carbocycles. The van der Waals surface area contributed by atoms with E-state index < -0.39 is 0 Å². The third-order valence-corrected chi connectivity index (χ3v) is 7.28. The molecule has 0 aromatic heterocycles. The van der Waals surface area contributed by atoms with Crippen LogP contribution in [-0.4, -0.2) is 10.2 Å². The van der Waals surface area contributed by atoms with Gasteiger partial charge in [0.2, 0.25) is 0 Å². The average Bonchev–Trinajstić information content (AvgIpc) is 3.03. The first-order valence-electron chi connectivity index (χ1n) is 13.4. The first-order valence-corrected chi connectivity index (χ1v) is 13.4. The maximum atomic E-state index is 9.39. The number of hydrogen-bond acceptors (Lipinski definition) is 4. The minimum atomic E-state index is 0.00656. The quantitative estimate of drug-likeness (QED) is 0.202. The van der Waals surface area contributed by atoms with Crippen LogP contribution in [0.3, 0.4) is 0 Å². The largest absolute Gasteiger partial charge is 0.489 e. The molecular formula is C36H30O4. The van der Waals surface area contributed by atoms with Gasteiger partial charge in [-0.25, -0.2) is 0 Å². The van der Waals surface area contributed by atoms with Crippen molar-refractivity contribution in [2.24, 2.45) is 0 Å². The molecule has 0 atom stereocenters. The first kappa shape index (κ1) is 25.6. The second kappa shape index (κ2) is 11.6. The third-order valence-electron chi connectivity index (χ3n) is 7.28. The molecule has 40 heavy (non-hydrogen) atoms. The van der Waals surface area contributed by atoms with E-state index >= 15 is 0 Å². The number of fused-ring (bicyclic) bond motifs is 2. The van der Waals surface area contributed by atoms with Gasteiger partial charge in [0.25, 0.3) is 0 Å². The summed E-state index contributed by atoms with van der Waals surface area (Å²) in [5.41, 5.74) is 6.13. The van der Waals surface area contributed by atoms with E-state index in [0.29, 0.717) is 13.2 Å². The second-order valence-electron chi connectivity index (χ2n) is 9.82. The molecule has 6 aromatic rings. The normalized spacial score (nSPS) is 11.2. The van der Waals surface area contributed by atoms with Crippen molar-refractivity contribution in [3.8, 4) is 22.6 Å². The van der Waals surface area contributed by atoms with E-state index in [2.05, 4.69) is 72.8 Å². The van der Waals surface area contributed by atoms with E-state index in [1.807, 2.05) is 48.5 Å². The third kappa shape index (κ3) is 5.28. The molecule has 4 heteroatoms. The van der Waals surface area contributed by atoms with Gasteiger partial charge in [-0.15, -0.1) is 0 Å². The van der Waals surface area contributed by atoms with E-state index in [-0.39, 0.29) is 13.2 Å². The van der Waals surface area contributed by atoms with Gasteiger partial charge in [-0.1, -0.05) is 97.1 Å². The Hall–Kier alpha value is -4.64. The molecule has 4 nitrogen and oxygen atoms in total. The lowest BCUT2D eigenvalue weighted by Crippen LogP contribution is -2.03. The predicted octanol–water partition coefficient (Wildman–Crippen LogP) is 7.80. The highest BCUT2D eigenvalue weighted by Crippen LogP contribution is 2.40. The van der Waals surface area contributed by atoms with Crippen LogP contribution >= 0.6 is 0 Å². The van der Waals surface area contributed by atoms with Gasteiger partial charge in [0.1, 0.15) is 24.7 Å². The average molecular weight is 527 g/mol. The first-order chi connectivity index (χ1) is 19.7. The highest BCUT2D eigenvalue weighted by molar-refractivity contribution is 6.07. The van der Waals surface area contributed by atoms with Crippen LogP contribution in [-0.2, 0) is 26.4 Å². The van der Waals surface area contributed by atoms with Crippen LogP contribution in [0.1, 0.15) is 22.3 Å². The second-order valence-corrected chi connectivity index (χ2v) is 9.82. The summed E-state index contributed by atoms with van der Waals surface area (Å²) < 4.78 is 12.5. The van der Waals surface area contributed by atoms with E-state index in [1.165, 1.54) is 0 Å². The highest BCUT2D eigenvalue weighted by Gasteiger charge is 2.18. The lowest BCUT2D eigenvalue weighted by atomic mass is 9.87. The zero-order chi connectivity index (χ0) is 27.3. The number of hydrogen-bond donors (Lipinski definition) is 2. The minimum absolute atomic E-state index is 0.00656. The molecule has 2 N–H and O–H groups in total. The Morgan fingerprint density at radius 1 is 0.425 bits per heavy atom. The standard InChI is InChI=1S/C36H30O4/c37-21-25-9-17-31(18-10-25)39-23-29-15-13-27-5-1-3-7-33(27)35(29)36-30(16-14-28-6-2-4-8-34(28)36)24-40-32-19-11-26(22-38)12-20-32/h1-20,37-38H,21-24H2. The van der Waals surface area contributed by atoms with Crippen LogP contribution in [0.15, 0.2) is 121 Å². The van der Waals surface area contributed by atoms with Crippen molar-refractivity contribution in [2.45, 2.75) is 26.4 Å². The fourth-order valence-electron chi connectivity index (χ4n) is 5.17. The SMILES string of the molecule is OCc1ccc(OCc2ccc3ccccc3c2-c2c(COc3ccc(CO)cc3)ccc3ccccc23)cc1. The molecule has 0 radical (unpaired) electrons. The summed E-state index contributed by atoms with van der Waals surface area (Å²) >= 11 is 0. The summed E-state index contributed by atoms with van der Waals surface area (Å²) in [7, 11) is 0. The van der Waals surface area contributed by atoms with Crippen molar-refractivity contribution >= 4 is 21.5 Å². The summed E-state index contributed by atoms with van der Waals surface area (Å²) in [4.78, 5) is 0. The fourth-order valence-corrected chi connectivity index (χ4v) is 5.17. The van der Waals surface area contributed by atoms with E-state index in [0.717, 1.165) is 66.4 Å². The highest BCUT2D eigenvalue weighted by atomic mass is 16.5. The molecule has 0 heterocycles. The van der Waals surface area contributed by atoms with Crippen LogP contribution < -0.4 is 9.47 Å². The van der Waals surface area contributed by atoms with Gasteiger partial charge in [-0.2, -0.15) is 0 Å². The van der Waals surface area contributed by atoms with Crippen LogP contribution in [0.25, 0.3) is 32.7 Å². The predicted molar refractivity (Wildman–Crippen MR) is 160 cm³/mol. The van der Waals surface area contributed by atoms with Gasteiger partial charge >= 0.3 is 0 Å². The molecule has 6 aromatic carbocycles. The molecule has 0 fully saturated rings. The number of benzene rings is 6. The summed E-state index contributed by atoms with van der Waals surface area (Å²) in [5.74, 6) is 1.51. The van der Waals surface area contributed by atoms with Crippen molar-refractivity contribution in [3.63, 3.8) is 0 Å². The van der Waals surface area contributed by atoms with Crippen molar-refractivity contribution in [1.82, 2.24) is 0 Å². The van der Waals surface area contributed by atoms with Gasteiger partial charge in [-0.05, 0) is 79.2 Å². The van der Waals surface area contributed by atoms with Crippen molar-refractivity contribution < 1.29 is 19.7 Å². The molecule has 0 saturated heterocycles. The van der Waals surface area contributed by atoms with E-state index in [4.69, 9.17) is 9.47 Å². The molecule has 198 valence electrons. The van der Waals surface area contributed by atoms with Crippen molar-refractivity contribution in [2.75, 3.05) is 0 Å². The minimum Gasteiger partial charge on any atom is -0.489 e. The van der Waals surface area contributed by atoms with E-state index in [9.17, 15) is 10.2 Å². The van der Waals surface area contributed by atoms with Gasteiger partial charge in [-0.3, -0.25) is 0 Å². The summed E-state index contributed by atoms with van der Waals surface area (Å²) in [6.45, 7) is 0.800. The molecule has 0 spiro atoms. The van der Waals surface area contributed by atoms with Crippen molar-refractivity contribution in [1.29, 1.82) is 0 Å². The van der Waals surface area contributed by atoms with Gasteiger partial charge in [0.05, 0.1) is 13.2 Å². The molecule has 0 aliphatic rings. The molecule has 0 amide bonds. The Balaban J connectivity index is 1.46. The summed E-state index contributed by atoms with van der Waals surface area (Å²) in [6.07, 6.45) is 0. The van der Waals surface area contributed by atoms with Crippen LogP contribution in [0, 0.1) is 0 Å². The molecule has 0 bridgehead atoms. The number of rotatable bonds is 9. The van der Waals surface area contributed by atoms with E-state index in [1.54, 1.807) is 0 Å². The summed E-state index contributed by atoms with van der Waals surface area (Å²) in [6, 6.07) is 40.6. The Morgan fingerprint density at radius 3 is 1.23 bits per heavy atom. The molecule has 0 aliphatic carbocycles. The number of ether oxygens (including phenoxy) is 2. The van der Waals surface area contributed by atoms with Crippen LogP contribution in [0.4, 0.5) is 0 Å². The Labute approximate surface area is 233 Å². The van der Waals surface area contributed by atoms with Crippen molar-refractivity contribution in [3.05, 3.63) is 144 Å². The van der Waals surface area contributed by atoms with Gasteiger partial charge in [0, 0.05) is 0 Å². The van der Waals surface area contributed by atoms with Crippen LogP contribution in [0.5, 0.6) is 11.5 Å².